The van der Waals surface area contributed by atoms with Crippen LogP contribution in [-0.4, -0.2) is 11.2 Å². The van der Waals surface area contributed by atoms with E-state index >= 15 is 0 Å². The third-order valence-corrected chi connectivity index (χ3v) is 3.77. The molecule has 0 aromatic heterocycles. The highest BCUT2D eigenvalue weighted by atomic mass is 35.5. The van der Waals surface area contributed by atoms with Crippen LogP contribution < -0.4 is 5.73 Å². The van der Waals surface area contributed by atoms with E-state index in [0.29, 0.717) is 5.56 Å². The van der Waals surface area contributed by atoms with Gasteiger partial charge in [-0.05, 0) is 24.8 Å². The number of halogens is 2. The number of hydrogen-bond donors (Lipinski definition) is 2. The van der Waals surface area contributed by atoms with E-state index in [2.05, 4.69) is 0 Å². The van der Waals surface area contributed by atoms with Crippen molar-refractivity contribution in [1.82, 2.24) is 0 Å². The van der Waals surface area contributed by atoms with E-state index in [1.165, 1.54) is 12.5 Å². The second-order valence-corrected chi connectivity index (χ2v) is 4.94. The van der Waals surface area contributed by atoms with Crippen LogP contribution in [0.3, 0.4) is 0 Å². The Hall–Kier alpha value is -0.640. The first-order valence-corrected chi connectivity index (χ1v) is 6.38. The van der Waals surface area contributed by atoms with Gasteiger partial charge in [-0.15, -0.1) is 12.4 Å². The van der Waals surface area contributed by atoms with Crippen molar-refractivity contribution in [1.29, 1.82) is 0 Å². The van der Waals surface area contributed by atoms with E-state index in [4.69, 9.17) is 5.73 Å². The molecule has 102 valence electrons. The molecule has 1 aliphatic carbocycles. The van der Waals surface area contributed by atoms with Crippen LogP contribution in [0.15, 0.2) is 24.3 Å². The lowest BCUT2D eigenvalue weighted by Crippen LogP contribution is -2.34. The molecule has 0 unspecified atom stereocenters. The predicted octanol–water partition coefficient (Wildman–Crippen LogP) is 3.19. The summed E-state index contributed by atoms with van der Waals surface area (Å²) in [5.74, 6) is -0.104. The Kier molecular flexibility index (Phi) is 6.06. The molecule has 1 fully saturated rings. The van der Waals surface area contributed by atoms with Crippen molar-refractivity contribution in [2.24, 2.45) is 11.7 Å². The highest BCUT2D eigenvalue weighted by Crippen LogP contribution is 2.31. The number of aliphatic hydroxyl groups is 1. The zero-order valence-corrected chi connectivity index (χ0v) is 11.2. The third-order valence-electron chi connectivity index (χ3n) is 3.77. The van der Waals surface area contributed by atoms with Gasteiger partial charge in [0.1, 0.15) is 5.82 Å². The summed E-state index contributed by atoms with van der Waals surface area (Å²) in [6, 6.07) is 5.83. The Morgan fingerprint density at radius 2 is 1.78 bits per heavy atom. The van der Waals surface area contributed by atoms with Crippen molar-refractivity contribution >= 4 is 12.4 Å². The minimum Gasteiger partial charge on any atom is -0.391 e. The summed E-state index contributed by atoms with van der Waals surface area (Å²) in [5.41, 5.74) is 6.40. The van der Waals surface area contributed by atoms with E-state index in [1.807, 2.05) is 0 Å². The lowest BCUT2D eigenvalue weighted by molar-refractivity contribution is 0.0608. The van der Waals surface area contributed by atoms with E-state index in [9.17, 15) is 9.50 Å². The molecule has 3 N–H and O–H groups in total. The Morgan fingerprint density at radius 1 is 1.17 bits per heavy atom. The fourth-order valence-corrected chi connectivity index (χ4v) is 2.70. The molecule has 0 heterocycles. The Morgan fingerprint density at radius 3 is 2.39 bits per heavy atom. The van der Waals surface area contributed by atoms with Crippen LogP contribution in [0.4, 0.5) is 4.39 Å². The maximum absolute atomic E-state index is 13.6. The molecule has 2 atom stereocenters. The molecule has 0 bridgehead atoms. The number of nitrogens with two attached hydrogens (primary N) is 1. The van der Waals surface area contributed by atoms with Gasteiger partial charge >= 0.3 is 0 Å². The van der Waals surface area contributed by atoms with Crippen LogP contribution in [0.2, 0.25) is 0 Å². The summed E-state index contributed by atoms with van der Waals surface area (Å²) in [6.07, 6.45) is 4.90. The summed E-state index contributed by atoms with van der Waals surface area (Å²) in [7, 11) is 0. The fourth-order valence-electron chi connectivity index (χ4n) is 2.70. The van der Waals surface area contributed by atoms with E-state index in [1.54, 1.807) is 18.2 Å². The molecule has 1 aromatic rings. The van der Waals surface area contributed by atoms with Crippen LogP contribution in [0, 0.1) is 11.7 Å². The number of rotatable bonds is 3. The molecule has 0 spiro atoms. The smallest absolute Gasteiger partial charge is 0.128 e. The highest BCUT2D eigenvalue weighted by Gasteiger charge is 2.28. The lowest BCUT2D eigenvalue weighted by atomic mass is 9.81. The molecule has 0 saturated heterocycles. The van der Waals surface area contributed by atoms with E-state index in [0.717, 1.165) is 25.7 Å². The first-order valence-electron chi connectivity index (χ1n) is 6.38. The van der Waals surface area contributed by atoms with Gasteiger partial charge < -0.3 is 10.8 Å². The average Bonchev–Trinajstić information content (AvgIpc) is 2.39. The van der Waals surface area contributed by atoms with Gasteiger partial charge in [-0.3, -0.25) is 0 Å². The summed E-state index contributed by atoms with van der Waals surface area (Å²) >= 11 is 0. The monoisotopic (exact) mass is 273 g/mol. The van der Waals surface area contributed by atoms with Gasteiger partial charge in [0.05, 0.1) is 12.1 Å². The van der Waals surface area contributed by atoms with Crippen molar-refractivity contribution < 1.29 is 9.50 Å². The van der Waals surface area contributed by atoms with Crippen molar-refractivity contribution in [3.63, 3.8) is 0 Å². The van der Waals surface area contributed by atoms with Gasteiger partial charge in [0.25, 0.3) is 0 Å². The Labute approximate surface area is 114 Å². The number of hydrogen-bond acceptors (Lipinski definition) is 2. The standard InChI is InChI=1S/C14H20FNO.ClH/c15-12-9-5-4-8-11(12)13(16)14(17)10-6-2-1-3-7-10;/h4-5,8-10,13-14,17H,1-3,6-7,16H2;1H/t13-,14+;/m1./s1. The lowest BCUT2D eigenvalue weighted by Gasteiger charge is -2.30. The molecule has 1 aliphatic rings. The topological polar surface area (TPSA) is 46.2 Å². The van der Waals surface area contributed by atoms with Crippen LogP contribution in [-0.2, 0) is 0 Å². The minimum absolute atomic E-state index is 0. The predicted molar refractivity (Wildman–Crippen MR) is 73.2 cm³/mol. The summed E-state index contributed by atoms with van der Waals surface area (Å²) < 4.78 is 13.6. The van der Waals surface area contributed by atoms with Gasteiger partial charge in [0.2, 0.25) is 0 Å². The number of benzene rings is 1. The molecule has 2 rings (SSSR count). The molecule has 0 radical (unpaired) electrons. The SMILES string of the molecule is Cl.N[C@H](c1ccccc1F)[C@@H](O)C1CCCCC1. The number of aliphatic hydroxyl groups excluding tert-OH is 1. The average molecular weight is 274 g/mol. The minimum atomic E-state index is -0.632. The van der Waals surface area contributed by atoms with Crippen LogP contribution in [0.5, 0.6) is 0 Å². The normalized spacial score (nSPS) is 19.9. The summed E-state index contributed by atoms with van der Waals surface area (Å²) in [5, 5.41) is 10.2. The summed E-state index contributed by atoms with van der Waals surface area (Å²) in [6.45, 7) is 0. The van der Waals surface area contributed by atoms with Crippen molar-refractivity contribution in [3.05, 3.63) is 35.6 Å². The van der Waals surface area contributed by atoms with Gasteiger partial charge in [0.15, 0.2) is 0 Å². The van der Waals surface area contributed by atoms with Crippen molar-refractivity contribution in [2.75, 3.05) is 0 Å². The van der Waals surface area contributed by atoms with Gasteiger partial charge in [-0.1, -0.05) is 37.5 Å². The first kappa shape index (κ1) is 15.4. The van der Waals surface area contributed by atoms with Gasteiger partial charge in [-0.25, -0.2) is 4.39 Å². The molecule has 0 amide bonds. The van der Waals surface area contributed by atoms with Gasteiger partial charge in [0, 0.05) is 5.56 Å². The molecule has 2 nitrogen and oxygen atoms in total. The van der Waals surface area contributed by atoms with Crippen LogP contribution in [0.1, 0.15) is 43.7 Å². The molecule has 18 heavy (non-hydrogen) atoms. The Bertz CT molecular complexity index is 369. The molecule has 1 saturated carbocycles. The largest absolute Gasteiger partial charge is 0.391 e. The van der Waals surface area contributed by atoms with E-state index in [-0.39, 0.29) is 24.1 Å². The molecular weight excluding hydrogens is 253 g/mol. The summed E-state index contributed by atoms with van der Waals surface area (Å²) in [4.78, 5) is 0. The van der Waals surface area contributed by atoms with Crippen LogP contribution >= 0.6 is 12.4 Å². The molecule has 4 heteroatoms. The Balaban J connectivity index is 0.00000162. The molecular formula is C14H21ClFNO. The first-order chi connectivity index (χ1) is 8.20. The third kappa shape index (κ3) is 3.44. The molecule has 0 aliphatic heterocycles. The zero-order valence-electron chi connectivity index (χ0n) is 10.4. The quantitative estimate of drug-likeness (QED) is 0.888. The highest BCUT2D eigenvalue weighted by molar-refractivity contribution is 5.85. The van der Waals surface area contributed by atoms with Crippen LogP contribution in [0.25, 0.3) is 0 Å². The van der Waals surface area contributed by atoms with Gasteiger partial charge in [-0.2, -0.15) is 0 Å². The molecule has 1 aromatic carbocycles. The van der Waals surface area contributed by atoms with Crippen molar-refractivity contribution in [2.45, 2.75) is 44.2 Å². The second-order valence-electron chi connectivity index (χ2n) is 4.94. The van der Waals surface area contributed by atoms with E-state index < -0.39 is 12.1 Å². The maximum atomic E-state index is 13.6. The second kappa shape index (κ2) is 7.07. The fraction of sp³-hybridized carbons (Fsp3) is 0.571. The zero-order chi connectivity index (χ0) is 12.3. The maximum Gasteiger partial charge on any atom is 0.128 e. The van der Waals surface area contributed by atoms with Crippen molar-refractivity contribution in [3.8, 4) is 0 Å².